The van der Waals surface area contributed by atoms with Crippen molar-refractivity contribution >= 4 is 44.7 Å². The van der Waals surface area contributed by atoms with Crippen LogP contribution in [0.1, 0.15) is 91.0 Å². The SMILES string of the molecule is C=C[C@@H]1[I-][C@]1(NC(=O)[C@@H]1C[C@@H]2CN1C(=O)[C@H](C(C)(C)C)NC(=O)O[C@@H]1CCC[C@H]1CC/C=C/Cc1c(nc3ccccc3c1OCCCOCCOC)O2)C(=O)NS(=O)(=O)C1(C)CC1. The fourth-order valence-electron chi connectivity index (χ4n) is 8.69. The van der Waals surface area contributed by atoms with Crippen LogP contribution in [0.5, 0.6) is 11.6 Å². The molecule has 1 aromatic heterocycles. The van der Waals surface area contributed by atoms with E-state index in [1.807, 2.05) is 45.0 Å². The van der Waals surface area contributed by atoms with Gasteiger partial charge in [0.25, 0.3) is 0 Å². The van der Waals surface area contributed by atoms with Crippen molar-refractivity contribution in [3.8, 4) is 11.6 Å². The first kappa shape index (κ1) is 47.9. The number of benzene rings is 1. The number of aromatic nitrogens is 1. The number of carbonyl (C=O) groups is 4. The molecule has 0 radical (unpaired) electrons. The topological polar surface area (TPSA) is 201 Å². The van der Waals surface area contributed by atoms with E-state index in [1.54, 1.807) is 20.1 Å². The van der Waals surface area contributed by atoms with Crippen LogP contribution in [0.15, 0.2) is 49.1 Å². The van der Waals surface area contributed by atoms with Crippen molar-refractivity contribution in [3.05, 3.63) is 54.6 Å². The van der Waals surface area contributed by atoms with Gasteiger partial charge in [-0.05, 0) is 25.7 Å². The third kappa shape index (κ3) is 10.6. The number of rotatable bonds is 14. The molecule has 7 atom stereocenters. The summed E-state index contributed by atoms with van der Waals surface area (Å²) < 4.78 is 55.9. The number of nitrogens with zero attached hydrogens (tertiary/aromatic N) is 2. The van der Waals surface area contributed by atoms with E-state index in [-0.39, 0.29) is 25.0 Å². The summed E-state index contributed by atoms with van der Waals surface area (Å²) in [4.78, 5) is 63.6. The van der Waals surface area contributed by atoms with Crippen LogP contribution in [0.2, 0.25) is 0 Å². The third-order valence-electron chi connectivity index (χ3n) is 12.8. The van der Waals surface area contributed by atoms with E-state index in [1.165, 1.54) is 4.90 Å². The van der Waals surface area contributed by atoms with E-state index in [4.69, 9.17) is 28.7 Å². The monoisotopic (exact) mass is 1020 g/mol. The number of halogens is 1. The first-order valence-electron chi connectivity index (χ1n) is 22.4. The predicted octanol–water partition coefficient (Wildman–Crippen LogP) is 1.69. The summed E-state index contributed by atoms with van der Waals surface area (Å²) in [6.07, 6.45) is 9.99. The molecule has 5 aliphatic rings. The van der Waals surface area contributed by atoms with Gasteiger partial charge in [-0.25, -0.2) is 0 Å². The molecular weight excluding hydrogens is 958 g/mol. The van der Waals surface area contributed by atoms with E-state index >= 15 is 0 Å². The average molecular weight is 1020 g/mol. The quantitative estimate of drug-likeness (QED) is 0.0815. The van der Waals surface area contributed by atoms with Crippen molar-refractivity contribution in [2.45, 2.75) is 128 Å². The number of amides is 4. The Labute approximate surface area is 386 Å². The maximum atomic E-state index is 15.0. The van der Waals surface area contributed by atoms with Crippen molar-refractivity contribution in [1.29, 1.82) is 0 Å². The third-order valence-corrected chi connectivity index (χ3v) is 18.9. The number of ether oxygens (including phenoxy) is 5. The standard InChI is InChI=1S/C46H63IN5O11S/c1-7-36-46(47-36,42(55)51-64(57,58)45(5)21-22-45)50-39(53)34-27-30-28-52(34)41(54)38(44(2,3)4)49-43(56)63-35-20-13-16-29(35)15-9-8-10-18-32-37(61-24-14-23-60-26-25-59-6)31-17-11-12-19-33(31)48-40(32)62-30/h7-8,10-12,17,19,29-30,34-36,38H,1,9,13-16,18,20-28H2,2-6H3,(H,49,56)(H,50,53)(H,51,55)/q-1/b10-8+/t29-,30-,34+,35-,36+,38-,46-/m1/s1. The molecule has 2 saturated carbocycles. The van der Waals surface area contributed by atoms with Gasteiger partial charge in [-0.15, -0.1) is 0 Å². The van der Waals surface area contributed by atoms with Gasteiger partial charge >= 0.3 is 314 Å². The van der Waals surface area contributed by atoms with Gasteiger partial charge in [0, 0.05) is 20.1 Å². The number of methoxy groups -OCH3 is 1. The molecule has 4 fully saturated rings. The molecule has 2 aliphatic carbocycles. The van der Waals surface area contributed by atoms with Crippen molar-refractivity contribution in [2.75, 3.05) is 40.1 Å². The van der Waals surface area contributed by atoms with Gasteiger partial charge < -0.3 is 9.47 Å². The van der Waals surface area contributed by atoms with Crippen molar-refractivity contribution < 1.29 is 72.5 Å². The minimum absolute atomic E-state index is 0.00652. The molecule has 7 rings (SSSR count). The molecule has 3 N–H and O–H groups in total. The summed E-state index contributed by atoms with van der Waals surface area (Å²) in [7, 11) is -2.38. The number of hydrogen-bond acceptors (Lipinski definition) is 12. The Balaban J connectivity index is 1.24. The van der Waals surface area contributed by atoms with Gasteiger partial charge in [-0.3, -0.25) is 0 Å². The summed E-state index contributed by atoms with van der Waals surface area (Å²) >= 11 is -1.09. The zero-order valence-electron chi connectivity index (χ0n) is 37.5. The molecule has 18 heteroatoms. The summed E-state index contributed by atoms with van der Waals surface area (Å²) in [6.45, 7) is 12.7. The Hall–Kier alpha value is -4.01. The first-order valence-corrected chi connectivity index (χ1v) is 26.2. The summed E-state index contributed by atoms with van der Waals surface area (Å²) in [5, 5.41) is 6.58. The number of alkyl halides is 2. The molecule has 1 aromatic carbocycles. The van der Waals surface area contributed by atoms with Crippen molar-refractivity contribution in [1.82, 2.24) is 25.2 Å². The van der Waals surface area contributed by atoms with Crippen molar-refractivity contribution in [3.63, 3.8) is 0 Å². The van der Waals surface area contributed by atoms with E-state index < -0.39 is 90.9 Å². The van der Waals surface area contributed by atoms with Crippen LogP contribution < -0.4 is 46.0 Å². The van der Waals surface area contributed by atoms with E-state index in [0.29, 0.717) is 74.8 Å². The molecule has 352 valence electrons. The predicted molar refractivity (Wildman–Crippen MR) is 235 cm³/mol. The minimum atomic E-state index is -4.01. The second-order valence-corrected chi connectivity index (χ2v) is 24.6. The first-order chi connectivity index (χ1) is 30.5. The van der Waals surface area contributed by atoms with E-state index in [2.05, 4.69) is 34.1 Å². The number of pyridine rings is 1. The Morgan fingerprint density at radius 1 is 1.08 bits per heavy atom. The molecule has 64 heavy (non-hydrogen) atoms. The normalized spacial score (nSPS) is 28.7. The molecule has 0 unspecified atom stereocenters. The second kappa shape index (κ2) is 19.8. The Morgan fingerprint density at radius 2 is 1.86 bits per heavy atom. The number of fused-ring (bicyclic) bond motifs is 5. The second-order valence-electron chi connectivity index (χ2n) is 18.7. The zero-order valence-corrected chi connectivity index (χ0v) is 40.5. The van der Waals surface area contributed by atoms with Crippen LogP contribution in [-0.4, -0.2) is 119 Å². The van der Waals surface area contributed by atoms with Gasteiger partial charge in [0.15, 0.2) is 0 Å². The molecule has 16 nitrogen and oxygen atoms in total. The van der Waals surface area contributed by atoms with Gasteiger partial charge in [-0.1, -0.05) is 6.07 Å². The number of carbonyl (C=O) groups excluding carboxylic acids is 4. The van der Waals surface area contributed by atoms with Gasteiger partial charge in [0.2, 0.25) is 0 Å². The number of allylic oxidation sites excluding steroid dienone is 2. The zero-order chi connectivity index (χ0) is 45.9. The molecule has 3 aliphatic heterocycles. The number of nitrogens with one attached hydrogen (secondary N) is 3. The van der Waals surface area contributed by atoms with Crippen LogP contribution in [-0.2, 0) is 45.0 Å². The average Bonchev–Trinajstić information content (AvgIpc) is 4.06. The number of hydrogen-bond donors (Lipinski definition) is 3. The molecule has 0 spiro atoms. The summed E-state index contributed by atoms with van der Waals surface area (Å²) in [6, 6.07) is 5.36. The van der Waals surface area contributed by atoms with E-state index in [9.17, 15) is 27.6 Å². The molecule has 4 amide bonds. The number of sulfonamides is 1. The van der Waals surface area contributed by atoms with E-state index in [0.717, 1.165) is 37.5 Å². The Bertz CT molecular complexity index is 2230. The molecule has 2 aromatic rings. The molecule has 2 bridgehead atoms. The summed E-state index contributed by atoms with van der Waals surface area (Å²) in [5.41, 5.74) is 0.523. The summed E-state index contributed by atoms with van der Waals surface area (Å²) in [5.74, 6) is -0.911. The van der Waals surface area contributed by atoms with Crippen LogP contribution >= 0.6 is 0 Å². The maximum absolute atomic E-state index is 15.0. The van der Waals surface area contributed by atoms with Crippen LogP contribution in [0.4, 0.5) is 4.79 Å². The van der Waals surface area contributed by atoms with Gasteiger partial charge in [0.1, 0.15) is 0 Å². The molecular formula is C46H63IN5O11S-. The fraction of sp³-hybridized carbons (Fsp3) is 0.630. The van der Waals surface area contributed by atoms with Crippen LogP contribution in [0, 0.1) is 11.3 Å². The molecule has 4 heterocycles. The molecule has 2 saturated heterocycles. The van der Waals surface area contributed by atoms with Crippen LogP contribution in [0.25, 0.3) is 10.9 Å². The Morgan fingerprint density at radius 3 is 2.58 bits per heavy atom. The van der Waals surface area contributed by atoms with Crippen LogP contribution in [0.3, 0.4) is 0 Å². The fourth-order valence-corrected chi connectivity index (χ4v) is 12.8. The van der Waals surface area contributed by atoms with Gasteiger partial charge in [0.05, 0.1) is 13.2 Å². The van der Waals surface area contributed by atoms with Gasteiger partial charge in [-0.2, -0.15) is 0 Å². The van der Waals surface area contributed by atoms with Crippen molar-refractivity contribution in [2.24, 2.45) is 11.3 Å². The number of para-hydroxylation sites is 1. The Kier molecular flexibility index (Phi) is 14.9. The number of alkyl carbamates (subject to hydrolysis) is 1.